The molecule has 1 aliphatic rings. The molecular formula is C30H35FN4O. The molecule has 3 aromatic rings. The molecule has 6 heteroatoms. The SMILES string of the molecule is NC(N)=NCC1CCC(CN(CC(c2ccccc2)c2ccccc2)C(=O)c2ccc(F)cc2)CC1. The smallest absolute Gasteiger partial charge is 0.253 e. The van der Waals surface area contributed by atoms with Gasteiger partial charge >= 0.3 is 0 Å². The number of hydrogen-bond donors (Lipinski definition) is 2. The van der Waals surface area contributed by atoms with Crippen molar-refractivity contribution in [1.82, 2.24) is 4.90 Å². The van der Waals surface area contributed by atoms with Gasteiger partial charge in [-0.3, -0.25) is 9.79 Å². The highest BCUT2D eigenvalue weighted by molar-refractivity contribution is 5.94. The van der Waals surface area contributed by atoms with Crippen molar-refractivity contribution in [3.63, 3.8) is 0 Å². The van der Waals surface area contributed by atoms with Gasteiger partial charge in [0.1, 0.15) is 5.82 Å². The van der Waals surface area contributed by atoms with Gasteiger partial charge in [0.15, 0.2) is 5.96 Å². The van der Waals surface area contributed by atoms with Crippen molar-refractivity contribution < 1.29 is 9.18 Å². The summed E-state index contributed by atoms with van der Waals surface area (Å²) in [7, 11) is 0. The molecule has 3 aromatic carbocycles. The molecule has 1 aliphatic carbocycles. The number of nitrogens with two attached hydrogens (primary N) is 2. The van der Waals surface area contributed by atoms with Gasteiger partial charge in [-0.15, -0.1) is 0 Å². The van der Waals surface area contributed by atoms with E-state index in [1.54, 1.807) is 12.1 Å². The number of nitrogens with zero attached hydrogens (tertiary/aromatic N) is 2. The van der Waals surface area contributed by atoms with Crippen LogP contribution in [0.2, 0.25) is 0 Å². The molecule has 5 nitrogen and oxygen atoms in total. The van der Waals surface area contributed by atoms with Crippen LogP contribution in [0, 0.1) is 17.7 Å². The van der Waals surface area contributed by atoms with Gasteiger partial charge in [0, 0.05) is 31.1 Å². The number of amides is 1. The predicted molar refractivity (Wildman–Crippen MR) is 143 cm³/mol. The molecule has 4 N–H and O–H groups in total. The molecular weight excluding hydrogens is 451 g/mol. The summed E-state index contributed by atoms with van der Waals surface area (Å²) in [6.45, 7) is 1.89. The second kappa shape index (κ2) is 12.3. The van der Waals surface area contributed by atoms with Gasteiger partial charge in [-0.2, -0.15) is 0 Å². The van der Waals surface area contributed by atoms with E-state index >= 15 is 0 Å². The summed E-state index contributed by atoms with van der Waals surface area (Å²) in [5, 5.41) is 0. The van der Waals surface area contributed by atoms with Crippen LogP contribution in [0.5, 0.6) is 0 Å². The molecule has 0 radical (unpaired) electrons. The molecule has 1 saturated carbocycles. The highest BCUT2D eigenvalue weighted by Gasteiger charge is 2.28. The van der Waals surface area contributed by atoms with Crippen LogP contribution < -0.4 is 11.5 Å². The Kier molecular flexibility index (Phi) is 8.71. The second-order valence-electron chi connectivity index (χ2n) is 9.74. The fourth-order valence-electron chi connectivity index (χ4n) is 5.15. The highest BCUT2D eigenvalue weighted by atomic mass is 19.1. The van der Waals surface area contributed by atoms with E-state index in [0.29, 0.717) is 37.0 Å². The van der Waals surface area contributed by atoms with Crippen molar-refractivity contribution in [2.75, 3.05) is 19.6 Å². The molecule has 0 aromatic heterocycles. The molecule has 1 amide bonds. The Morgan fingerprint density at radius 1 is 0.833 bits per heavy atom. The molecule has 0 bridgehead atoms. The fourth-order valence-corrected chi connectivity index (χ4v) is 5.15. The maximum absolute atomic E-state index is 13.7. The van der Waals surface area contributed by atoms with Gasteiger partial charge in [0.25, 0.3) is 5.91 Å². The summed E-state index contributed by atoms with van der Waals surface area (Å²) in [5.74, 6) is 0.650. The summed E-state index contributed by atoms with van der Waals surface area (Å²) in [4.78, 5) is 19.9. The lowest BCUT2D eigenvalue weighted by Gasteiger charge is -2.34. The summed E-state index contributed by atoms with van der Waals surface area (Å²) in [6, 6.07) is 26.5. The van der Waals surface area contributed by atoms with Gasteiger partial charge in [-0.1, -0.05) is 60.7 Å². The number of carbonyl (C=O) groups is 1. The Morgan fingerprint density at radius 2 is 1.36 bits per heavy atom. The van der Waals surface area contributed by atoms with Gasteiger partial charge in [-0.05, 0) is 72.9 Å². The predicted octanol–water partition coefficient (Wildman–Crippen LogP) is 5.18. The summed E-state index contributed by atoms with van der Waals surface area (Å²) in [5.41, 5.74) is 13.9. The largest absolute Gasteiger partial charge is 0.370 e. The van der Waals surface area contributed by atoms with Gasteiger partial charge in [0.05, 0.1) is 0 Å². The monoisotopic (exact) mass is 486 g/mol. The fraction of sp³-hybridized carbons (Fsp3) is 0.333. The Bertz CT molecular complexity index is 1080. The summed E-state index contributed by atoms with van der Waals surface area (Å²) in [6.07, 6.45) is 4.14. The third kappa shape index (κ3) is 6.94. The molecule has 0 atom stereocenters. The maximum Gasteiger partial charge on any atom is 0.253 e. The number of guanidine groups is 1. The van der Waals surface area contributed by atoms with Gasteiger partial charge in [0.2, 0.25) is 0 Å². The van der Waals surface area contributed by atoms with E-state index in [4.69, 9.17) is 11.5 Å². The summed E-state index contributed by atoms with van der Waals surface area (Å²) < 4.78 is 13.6. The van der Waals surface area contributed by atoms with Crippen molar-refractivity contribution in [2.45, 2.75) is 31.6 Å². The zero-order valence-electron chi connectivity index (χ0n) is 20.6. The van der Waals surface area contributed by atoms with Gasteiger partial charge < -0.3 is 16.4 Å². The first kappa shape index (κ1) is 25.4. The zero-order chi connectivity index (χ0) is 25.3. The van der Waals surface area contributed by atoms with E-state index in [1.165, 1.54) is 23.3 Å². The zero-order valence-corrected chi connectivity index (χ0v) is 20.6. The molecule has 1 fully saturated rings. The van der Waals surface area contributed by atoms with Crippen LogP contribution in [0.25, 0.3) is 0 Å². The third-order valence-corrected chi connectivity index (χ3v) is 7.16. The number of hydrogen-bond acceptors (Lipinski definition) is 2. The van der Waals surface area contributed by atoms with Crippen molar-refractivity contribution in [1.29, 1.82) is 0 Å². The van der Waals surface area contributed by atoms with E-state index in [2.05, 4.69) is 29.3 Å². The normalized spacial score (nSPS) is 17.5. The minimum Gasteiger partial charge on any atom is -0.370 e. The van der Waals surface area contributed by atoms with E-state index in [-0.39, 0.29) is 23.6 Å². The molecule has 0 spiro atoms. The van der Waals surface area contributed by atoms with Crippen LogP contribution in [0.15, 0.2) is 89.9 Å². The average molecular weight is 487 g/mol. The maximum atomic E-state index is 13.7. The topological polar surface area (TPSA) is 84.7 Å². The van der Waals surface area contributed by atoms with E-state index in [9.17, 15) is 9.18 Å². The van der Waals surface area contributed by atoms with Crippen LogP contribution in [-0.4, -0.2) is 36.4 Å². The van der Waals surface area contributed by atoms with E-state index < -0.39 is 0 Å². The molecule has 0 aliphatic heterocycles. The van der Waals surface area contributed by atoms with Crippen molar-refractivity contribution >= 4 is 11.9 Å². The highest BCUT2D eigenvalue weighted by Crippen LogP contribution is 2.32. The third-order valence-electron chi connectivity index (χ3n) is 7.16. The lowest BCUT2D eigenvalue weighted by Crippen LogP contribution is -2.39. The van der Waals surface area contributed by atoms with Crippen LogP contribution in [0.1, 0.15) is 53.1 Å². The minimum atomic E-state index is -0.344. The number of halogens is 1. The van der Waals surface area contributed by atoms with Crippen molar-refractivity contribution in [3.05, 3.63) is 107 Å². The Morgan fingerprint density at radius 3 is 1.89 bits per heavy atom. The van der Waals surface area contributed by atoms with Crippen molar-refractivity contribution in [2.24, 2.45) is 28.3 Å². The number of rotatable bonds is 9. The minimum absolute atomic E-state index is 0.0370. The average Bonchev–Trinajstić information content (AvgIpc) is 2.91. The molecule has 36 heavy (non-hydrogen) atoms. The lowest BCUT2D eigenvalue weighted by atomic mass is 9.81. The molecule has 0 saturated heterocycles. The van der Waals surface area contributed by atoms with E-state index in [0.717, 1.165) is 25.7 Å². The molecule has 0 unspecified atom stereocenters. The first-order chi connectivity index (χ1) is 17.5. The molecule has 0 heterocycles. The number of aliphatic imine (C=N–C) groups is 1. The number of benzene rings is 3. The molecule has 4 rings (SSSR count). The lowest BCUT2D eigenvalue weighted by molar-refractivity contribution is 0.0700. The molecule has 188 valence electrons. The van der Waals surface area contributed by atoms with Crippen LogP contribution >= 0.6 is 0 Å². The first-order valence-electron chi connectivity index (χ1n) is 12.7. The summed E-state index contributed by atoms with van der Waals surface area (Å²) >= 11 is 0. The Labute approximate surface area is 213 Å². The Hall–Kier alpha value is -3.67. The van der Waals surface area contributed by atoms with Crippen LogP contribution in [-0.2, 0) is 0 Å². The van der Waals surface area contributed by atoms with Crippen LogP contribution in [0.4, 0.5) is 4.39 Å². The Balaban J connectivity index is 1.56. The van der Waals surface area contributed by atoms with Gasteiger partial charge in [-0.25, -0.2) is 4.39 Å². The van der Waals surface area contributed by atoms with Crippen molar-refractivity contribution in [3.8, 4) is 0 Å². The number of carbonyl (C=O) groups excluding carboxylic acids is 1. The quantitative estimate of drug-likeness (QED) is 0.323. The van der Waals surface area contributed by atoms with Crippen LogP contribution in [0.3, 0.4) is 0 Å². The van der Waals surface area contributed by atoms with E-state index in [1.807, 2.05) is 41.3 Å². The second-order valence-corrected chi connectivity index (χ2v) is 9.74. The first-order valence-corrected chi connectivity index (χ1v) is 12.7. The standard InChI is InChI=1S/C30H35FN4O/c31-27-17-15-26(16-18-27)29(36)35(20-23-13-11-22(12-14-23)19-34-30(32)33)21-28(24-7-3-1-4-8-24)25-9-5-2-6-10-25/h1-10,15-18,22-23,28H,11-14,19-21H2,(H4,32,33,34).